The zero-order valence-corrected chi connectivity index (χ0v) is 16.1. The van der Waals surface area contributed by atoms with Gasteiger partial charge >= 0.3 is 0 Å². The fourth-order valence-corrected chi connectivity index (χ4v) is 3.51. The highest BCUT2D eigenvalue weighted by atomic mass is 16.1. The molecule has 0 aromatic carbocycles. The van der Waals surface area contributed by atoms with Crippen LogP contribution < -0.4 is 15.4 Å². The number of hydrogen-bond donors (Lipinski definition) is 0. The molecule has 144 valence electrons. The van der Waals surface area contributed by atoms with Gasteiger partial charge in [0, 0.05) is 50.7 Å². The molecule has 4 rings (SSSR count). The van der Waals surface area contributed by atoms with Gasteiger partial charge in [-0.2, -0.15) is 5.10 Å². The molecule has 4 heterocycles. The number of hydrogen-bond acceptors (Lipinski definition) is 7. The summed E-state index contributed by atoms with van der Waals surface area (Å²) in [6.07, 6.45) is 7.12. The summed E-state index contributed by atoms with van der Waals surface area (Å²) in [5.41, 5.74) is 1.54. The molecule has 0 spiro atoms. The molecule has 0 amide bonds. The van der Waals surface area contributed by atoms with Crippen LogP contribution >= 0.6 is 0 Å². The van der Waals surface area contributed by atoms with Crippen LogP contribution in [0.4, 0.5) is 11.6 Å². The van der Waals surface area contributed by atoms with Gasteiger partial charge in [-0.15, -0.1) is 0 Å². The van der Waals surface area contributed by atoms with E-state index in [4.69, 9.17) is 0 Å². The van der Waals surface area contributed by atoms with E-state index in [9.17, 15) is 4.79 Å². The summed E-state index contributed by atoms with van der Waals surface area (Å²) >= 11 is 0. The molecule has 0 radical (unpaired) electrons. The van der Waals surface area contributed by atoms with Crippen LogP contribution in [0.25, 0.3) is 11.3 Å². The molecule has 1 aliphatic heterocycles. The maximum Gasteiger partial charge on any atom is 0.266 e. The average Bonchev–Trinajstić information content (AvgIpc) is 3.18. The van der Waals surface area contributed by atoms with Gasteiger partial charge in [0.15, 0.2) is 0 Å². The van der Waals surface area contributed by atoms with Crippen molar-refractivity contribution in [2.45, 2.75) is 25.4 Å². The van der Waals surface area contributed by atoms with Crippen molar-refractivity contribution in [3.05, 3.63) is 59.4 Å². The Hall–Kier alpha value is -3.29. The van der Waals surface area contributed by atoms with Crippen LogP contribution in [0, 0.1) is 0 Å². The monoisotopic (exact) mass is 377 g/mol. The number of nitrogens with zero attached hydrogens (tertiary/aromatic N) is 7. The van der Waals surface area contributed by atoms with Gasteiger partial charge in [-0.05, 0) is 31.0 Å². The van der Waals surface area contributed by atoms with Crippen LogP contribution in [0.3, 0.4) is 0 Å². The minimum absolute atomic E-state index is 0.101. The second-order valence-electron chi connectivity index (χ2n) is 7.10. The Labute approximate surface area is 163 Å². The van der Waals surface area contributed by atoms with E-state index in [1.54, 1.807) is 35.5 Å². The first-order valence-electron chi connectivity index (χ1n) is 9.36. The average molecular weight is 377 g/mol. The smallest absolute Gasteiger partial charge is 0.266 e. The van der Waals surface area contributed by atoms with Gasteiger partial charge in [0.05, 0.1) is 18.3 Å². The molecular formula is C20H23N7O. The van der Waals surface area contributed by atoms with E-state index in [1.165, 1.54) is 0 Å². The van der Waals surface area contributed by atoms with Gasteiger partial charge < -0.3 is 9.80 Å². The highest BCUT2D eigenvalue weighted by Crippen LogP contribution is 2.26. The van der Waals surface area contributed by atoms with Gasteiger partial charge in [0.25, 0.3) is 5.56 Å². The van der Waals surface area contributed by atoms with Crippen molar-refractivity contribution < 1.29 is 0 Å². The SMILES string of the molecule is CN(C)c1cc(N2CCCC2Cn2nc(-c3cccnc3)ccc2=O)ncn1. The molecule has 0 saturated carbocycles. The van der Waals surface area contributed by atoms with E-state index in [2.05, 4.69) is 25.0 Å². The molecular weight excluding hydrogens is 354 g/mol. The number of anilines is 2. The van der Waals surface area contributed by atoms with Crippen LogP contribution in [0.1, 0.15) is 12.8 Å². The molecule has 1 atom stereocenters. The molecule has 1 fully saturated rings. The standard InChI is InChI=1S/C20H23N7O/c1-25(2)18-11-19(23-14-22-18)26-10-4-6-16(26)13-27-20(28)8-7-17(24-27)15-5-3-9-21-12-15/h3,5,7-9,11-12,14,16H,4,6,10,13H2,1-2H3. The third-order valence-corrected chi connectivity index (χ3v) is 4.98. The molecule has 8 nitrogen and oxygen atoms in total. The molecule has 1 aliphatic rings. The molecule has 3 aromatic rings. The summed E-state index contributed by atoms with van der Waals surface area (Å²) in [5.74, 6) is 1.75. The minimum Gasteiger partial charge on any atom is -0.363 e. The molecule has 3 aromatic heterocycles. The first-order chi connectivity index (χ1) is 13.6. The van der Waals surface area contributed by atoms with E-state index in [0.29, 0.717) is 6.54 Å². The zero-order chi connectivity index (χ0) is 19.5. The largest absolute Gasteiger partial charge is 0.363 e. The first-order valence-corrected chi connectivity index (χ1v) is 9.36. The summed E-state index contributed by atoms with van der Waals surface area (Å²) in [7, 11) is 3.92. The quantitative estimate of drug-likeness (QED) is 0.671. The second-order valence-corrected chi connectivity index (χ2v) is 7.10. The third-order valence-electron chi connectivity index (χ3n) is 4.98. The molecule has 28 heavy (non-hydrogen) atoms. The van der Waals surface area contributed by atoms with Crippen molar-refractivity contribution in [3.63, 3.8) is 0 Å². The number of pyridine rings is 1. The lowest BCUT2D eigenvalue weighted by molar-refractivity contribution is 0.488. The Balaban J connectivity index is 1.60. The first kappa shape index (κ1) is 18.1. The topological polar surface area (TPSA) is 80.0 Å². The van der Waals surface area contributed by atoms with Crippen molar-refractivity contribution in [3.8, 4) is 11.3 Å². The van der Waals surface area contributed by atoms with E-state index in [0.717, 1.165) is 42.3 Å². The van der Waals surface area contributed by atoms with Gasteiger partial charge in [-0.1, -0.05) is 0 Å². The molecule has 0 aliphatic carbocycles. The zero-order valence-electron chi connectivity index (χ0n) is 16.1. The number of aromatic nitrogens is 5. The van der Waals surface area contributed by atoms with E-state index >= 15 is 0 Å². The van der Waals surface area contributed by atoms with Crippen LogP contribution in [-0.2, 0) is 6.54 Å². The molecule has 0 bridgehead atoms. The lowest BCUT2D eigenvalue weighted by Gasteiger charge is -2.26. The van der Waals surface area contributed by atoms with Gasteiger partial charge in [-0.3, -0.25) is 9.78 Å². The fraction of sp³-hybridized carbons (Fsp3) is 0.350. The maximum absolute atomic E-state index is 12.4. The normalized spacial score (nSPS) is 16.4. The summed E-state index contributed by atoms with van der Waals surface area (Å²) in [4.78, 5) is 29.5. The van der Waals surface area contributed by atoms with Crippen molar-refractivity contribution in [1.29, 1.82) is 0 Å². The Morgan fingerprint density at radius 2 is 2.11 bits per heavy atom. The molecule has 0 N–H and O–H groups in total. The molecule has 1 saturated heterocycles. The predicted octanol–water partition coefficient (Wildman–Crippen LogP) is 1.83. The molecule has 8 heteroatoms. The van der Waals surface area contributed by atoms with Gasteiger partial charge in [-0.25, -0.2) is 14.6 Å². The van der Waals surface area contributed by atoms with Crippen molar-refractivity contribution >= 4 is 11.6 Å². The van der Waals surface area contributed by atoms with Crippen molar-refractivity contribution in [1.82, 2.24) is 24.7 Å². The second kappa shape index (κ2) is 7.75. The van der Waals surface area contributed by atoms with Crippen molar-refractivity contribution in [2.24, 2.45) is 0 Å². The Morgan fingerprint density at radius 3 is 2.89 bits per heavy atom. The molecule has 1 unspecified atom stereocenters. The van der Waals surface area contributed by atoms with Crippen LogP contribution in [0.2, 0.25) is 0 Å². The summed E-state index contributed by atoms with van der Waals surface area (Å²) in [6, 6.07) is 9.28. The van der Waals surface area contributed by atoms with Gasteiger partial charge in [0.1, 0.15) is 18.0 Å². The minimum atomic E-state index is -0.101. The van der Waals surface area contributed by atoms with Crippen LogP contribution in [0.15, 0.2) is 53.8 Å². The highest BCUT2D eigenvalue weighted by Gasteiger charge is 2.27. The van der Waals surface area contributed by atoms with Gasteiger partial charge in [0.2, 0.25) is 0 Å². The van der Waals surface area contributed by atoms with Crippen LogP contribution in [0.5, 0.6) is 0 Å². The predicted molar refractivity (Wildman–Crippen MR) is 108 cm³/mol. The lowest BCUT2D eigenvalue weighted by atomic mass is 10.2. The van der Waals surface area contributed by atoms with E-state index < -0.39 is 0 Å². The Kier molecular flexibility index (Phi) is 5.01. The fourth-order valence-electron chi connectivity index (χ4n) is 3.51. The van der Waals surface area contributed by atoms with E-state index in [-0.39, 0.29) is 11.6 Å². The summed E-state index contributed by atoms with van der Waals surface area (Å²) in [6.45, 7) is 1.43. The maximum atomic E-state index is 12.4. The Morgan fingerprint density at radius 1 is 1.21 bits per heavy atom. The third kappa shape index (κ3) is 3.71. The number of rotatable bonds is 5. The van der Waals surface area contributed by atoms with E-state index in [1.807, 2.05) is 37.2 Å². The lowest BCUT2D eigenvalue weighted by Crippen LogP contribution is -2.37. The summed E-state index contributed by atoms with van der Waals surface area (Å²) < 4.78 is 1.55. The Bertz CT molecular complexity index is 1000. The summed E-state index contributed by atoms with van der Waals surface area (Å²) in [5, 5.41) is 4.58. The van der Waals surface area contributed by atoms with Crippen molar-refractivity contribution in [2.75, 3.05) is 30.4 Å². The van der Waals surface area contributed by atoms with Crippen LogP contribution in [-0.4, -0.2) is 51.4 Å². The highest BCUT2D eigenvalue weighted by molar-refractivity contribution is 5.56.